The molecule has 2 aromatic heterocycles. The topological polar surface area (TPSA) is 184 Å². The maximum Gasteiger partial charge on any atom is 0.371 e. The van der Waals surface area contributed by atoms with Crippen LogP contribution in [0.15, 0.2) is 147 Å². The van der Waals surface area contributed by atoms with Gasteiger partial charge >= 0.3 is 11.9 Å². The second kappa shape index (κ2) is 18.9. The summed E-state index contributed by atoms with van der Waals surface area (Å²) in [6.07, 6.45) is 0. The molecule has 0 atom stereocenters. The highest BCUT2D eigenvalue weighted by Crippen LogP contribution is 2.27. The number of furan rings is 2. The Bertz CT molecular complexity index is 2650. The molecule has 7 rings (SSSR count). The van der Waals surface area contributed by atoms with Gasteiger partial charge in [-0.1, -0.05) is 48.5 Å². The lowest BCUT2D eigenvalue weighted by atomic mass is 10.1. The number of carbonyl (C=O) groups is 2. The number of phenols is 1. The lowest BCUT2D eigenvalue weighted by Gasteiger charge is -2.07. The molecule has 0 aliphatic heterocycles. The summed E-state index contributed by atoms with van der Waals surface area (Å²) in [5.41, 5.74) is 5.55. The number of ether oxygens (including phenoxy) is 4. The van der Waals surface area contributed by atoms with Gasteiger partial charge in [-0.2, -0.15) is 0 Å². The van der Waals surface area contributed by atoms with Gasteiger partial charge in [0.25, 0.3) is 10.0 Å². The minimum Gasteiger partial charge on any atom is -0.508 e. The standard InChI is InChI=1S/C26H23NO7S.C20H18O5/c1-17-20(15-25(34-17)26(29)27-35(30,31)24-13-7-21(28)8-14-24)16-33-23-11-5-19(6-12-23)18-3-9-22(32-2)10-4-18;1-13-16(11-19(25-13)20(21)22)12-24-18-9-5-15(6-10-18)14-3-7-17(23-2)8-4-14/h3-15,28H,16H2,1-2H3,(H,27,29);3-11H,12H2,1-2H3,(H,21,22). The van der Waals surface area contributed by atoms with Crippen LogP contribution in [0.25, 0.3) is 22.3 Å². The van der Waals surface area contributed by atoms with Crippen LogP contribution in [0, 0.1) is 13.8 Å². The molecule has 0 fully saturated rings. The molecule has 0 spiro atoms. The zero-order chi connectivity index (χ0) is 42.8. The van der Waals surface area contributed by atoms with Crippen LogP contribution in [-0.2, 0) is 23.2 Å². The quantitative estimate of drug-likeness (QED) is 0.0946. The van der Waals surface area contributed by atoms with E-state index in [-0.39, 0.29) is 35.4 Å². The molecular weight excluding hydrogens is 791 g/mol. The van der Waals surface area contributed by atoms with Gasteiger partial charge in [-0.05, 0) is 121 Å². The number of rotatable bonds is 14. The zero-order valence-electron chi connectivity index (χ0n) is 33.0. The molecule has 13 nitrogen and oxygen atoms in total. The summed E-state index contributed by atoms with van der Waals surface area (Å²) in [5.74, 6) is 1.61. The number of carboxylic acid groups (broad SMARTS) is 1. The predicted molar refractivity (Wildman–Crippen MR) is 222 cm³/mol. The summed E-state index contributed by atoms with van der Waals surface area (Å²) in [6.45, 7) is 3.77. The third-order valence-electron chi connectivity index (χ3n) is 9.19. The first kappa shape index (κ1) is 42.2. The van der Waals surface area contributed by atoms with Gasteiger partial charge in [0, 0.05) is 11.1 Å². The number of methoxy groups -OCH3 is 2. The number of sulfonamides is 1. The summed E-state index contributed by atoms with van der Waals surface area (Å²) in [4.78, 5) is 23.2. The summed E-state index contributed by atoms with van der Waals surface area (Å²) >= 11 is 0. The molecule has 7 aromatic rings. The smallest absolute Gasteiger partial charge is 0.371 e. The van der Waals surface area contributed by atoms with Gasteiger partial charge in [-0.25, -0.2) is 17.9 Å². The van der Waals surface area contributed by atoms with Crippen LogP contribution in [-0.4, -0.2) is 44.7 Å². The lowest BCUT2D eigenvalue weighted by molar-refractivity contribution is 0.0660. The number of aromatic carboxylic acids is 1. The van der Waals surface area contributed by atoms with Crippen LogP contribution < -0.4 is 23.7 Å². The molecule has 0 aliphatic carbocycles. The van der Waals surface area contributed by atoms with E-state index < -0.39 is 21.9 Å². The van der Waals surface area contributed by atoms with E-state index in [2.05, 4.69) is 0 Å². The summed E-state index contributed by atoms with van der Waals surface area (Å²) < 4.78 is 59.3. The van der Waals surface area contributed by atoms with Gasteiger partial charge in [-0.3, -0.25) is 4.79 Å². The Morgan fingerprint density at radius 1 is 0.567 bits per heavy atom. The Balaban J connectivity index is 0.000000213. The number of carboxylic acids is 1. The fraction of sp³-hybridized carbons (Fsp3) is 0.130. The molecule has 0 bridgehead atoms. The van der Waals surface area contributed by atoms with Crippen molar-refractivity contribution in [3.05, 3.63) is 168 Å². The van der Waals surface area contributed by atoms with Gasteiger partial charge in [0.1, 0.15) is 53.5 Å². The lowest BCUT2D eigenvalue weighted by Crippen LogP contribution is -2.30. The SMILES string of the molecule is COc1ccc(-c2ccc(OCc3cc(C(=O)NS(=O)(=O)c4ccc(O)cc4)oc3C)cc2)cc1.COc1ccc(-c2ccc(OCc3cc(C(=O)O)oc3C)cc2)cc1. The fourth-order valence-electron chi connectivity index (χ4n) is 5.78. The molecule has 5 aromatic carbocycles. The predicted octanol–water partition coefficient (Wildman–Crippen LogP) is 9.21. The highest BCUT2D eigenvalue weighted by atomic mass is 32.2. The molecule has 1 amide bonds. The maximum absolute atomic E-state index is 12.5. The molecule has 0 saturated carbocycles. The van der Waals surface area contributed by atoms with Gasteiger partial charge in [0.2, 0.25) is 5.76 Å². The van der Waals surface area contributed by atoms with E-state index in [1.807, 2.05) is 102 Å². The van der Waals surface area contributed by atoms with E-state index in [0.29, 0.717) is 28.6 Å². The average molecular weight is 832 g/mol. The second-order valence-electron chi connectivity index (χ2n) is 13.2. The number of benzene rings is 5. The van der Waals surface area contributed by atoms with Gasteiger partial charge < -0.3 is 38.0 Å². The number of amides is 1. The van der Waals surface area contributed by atoms with E-state index in [9.17, 15) is 23.1 Å². The summed E-state index contributed by atoms with van der Waals surface area (Å²) in [7, 11) is -0.859. The van der Waals surface area contributed by atoms with E-state index >= 15 is 0 Å². The summed E-state index contributed by atoms with van der Waals surface area (Å²) in [5, 5.41) is 18.3. The van der Waals surface area contributed by atoms with E-state index in [4.69, 9.17) is 32.9 Å². The molecule has 0 radical (unpaired) electrons. The maximum atomic E-state index is 12.5. The average Bonchev–Trinajstić information content (AvgIpc) is 3.84. The molecule has 0 aliphatic rings. The second-order valence-corrected chi connectivity index (χ2v) is 14.9. The molecule has 308 valence electrons. The molecule has 0 unspecified atom stereocenters. The van der Waals surface area contributed by atoms with Crippen molar-refractivity contribution in [2.24, 2.45) is 0 Å². The summed E-state index contributed by atoms with van der Waals surface area (Å²) in [6, 6.07) is 38.6. The highest BCUT2D eigenvalue weighted by molar-refractivity contribution is 7.90. The molecule has 0 saturated heterocycles. The van der Waals surface area contributed by atoms with Gasteiger partial charge in [-0.15, -0.1) is 0 Å². The number of phenolic OH excluding ortho intramolecular Hbond substituents is 1. The molecular formula is C46H41NO12S. The van der Waals surface area contributed by atoms with Crippen LogP contribution in [0.5, 0.6) is 28.7 Å². The first-order valence-corrected chi connectivity index (χ1v) is 19.8. The van der Waals surface area contributed by atoms with Crippen LogP contribution in [0.4, 0.5) is 0 Å². The zero-order valence-corrected chi connectivity index (χ0v) is 33.8. The molecule has 14 heteroatoms. The third kappa shape index (κ3) is 10.7. The van der Waals surface area contributed by atoms with Crippen molar-refractivity contribution in [2.75, 3.05) is 14.2 Å². The van der Waals surface area contributed by atoms with Crippen molar-refractivity contribution >= 4 is 21.9 Å². The third-order valence-corrected chi connectivity index (χ3v) is 10.5. The normalized spacial score (nSPS) is 10.9. The van der Waals surface area contributed by atoms with Crippen molar-refractivity contribution in [1.29, 1.82) is 0 Å². The van der Waals surface area contributed by atoms with E-state index in [1.54, 1.807) is 28.1 Å². The van der Waals surface area contributed by atoms with Crippen molar-refractivity contribution in [1.82, 2.24) is 4.72 Å². The molecule has 3 N–H and O–H groups in total. The first-order valence-electron chi connectivity index (χ1n) is 18.3. The molecule has 2 heterocycles. The highest BCUT2D eigenvalue weighted by Gasteiger charge is 2.22. The number of hydrogen-bond acceptors (Lipinski definition) is 11. The van der Waals surface area contributed by atoms with E-state index in [0.717, 1.165) is 39.3 Å². The number of hydrogen-bond donors (Lipinski definition) is 3. The van der Waals surface area contributed by atoms with Crippen LogP contribution >= 0.6 is 0 Å². The van der Waals surface area contributed by atoms with Crippen LogP contribution in [0.3, 0.4) is 0 Å². The van der Waals surface area contributed by atoms with Crippen molar-refractivity contribution in [3.8, 4) is 51.0 Å². The Hall–Kier alpha value is -7.45. The first-order chi connectivity index (χ1) is 28.8. The Morgan fingerprint density at radius 3 is 1.30 bits per heavy atom. The largest absolute Gasteiger partial charge is 0.508 e. The van der Waals surface area contributed by atoms with Crippen molar-refractivity contribution in [2.45, 2.75) is 32.0 Å². The number of nitrogens with one attached hydrogen (secondary N) is 1. The van der Waals surface area contributed by atoms with Crippen LogP contribution in [0.1, 0.15) is 43.8 Å². The van der Waals surface area contributed by atoms with Gasteiger partial charge in [0.15, 0.2) is 5.76 Å². The number of aromatic hydroxyl groups is 1. The van der Waals surface area contributed by atoms with Crippen molar-refractivity contribution in [3.63, 3.8) is 0 Å². The monoisotopic (exact) mass is 831 g/mol. The Morgan fingerprint density at radius 2 is 0.933 bits per heavy atom. The number of aryl methyl sites for hydroxylation is 2. The van der Waals surface area contributed by atoms with Gasteiger partial charge in [0.05, 0.1) is 19.1 Å². The van der Waals surface area contributed by atoms with Crippen molar-refractivity contribution < 1.29 is 56.0 Å². The Kier molecular flexibility index (Phi) is 13.3. The van der Waals surface area contributed by atoms with Crippen LogP contribution in [0.2, 0.25) is 0 Å². The Labute approximate surface area is 346 Å². The fourth-order valence-corrected chi connectivity index (χ4v) is 6.73. The molecule has 60 heavy (non-hydrogen) atoms. The minimum atomic E-state index is -4.12. The number of carbonyl (C=O) groups excluding carboxylic acids is 1. The van der Waals surface area contributed by atoms with E-state index in [1.165, 1.54) is 36.4 Å². The minimum absolute atomic E-state index is 0.0778.